The van der Waals surface area contributed by atoms with Crippen LogP contribution in [0.5, 0.6) is 0 Å². The number of azo groups is 1. The first-order valence-electron chi connectivity index (χ1n) is 6.18. The smallest absolute Gasteiger partial charge is 0.254 e. The van der Waals surface area contributed by atoms with E-state index in [2.05, 4.69) is 20.3 Å². The van der Waals surface area contributed by atoms with Crippen LogP contribution in [-0.2, 0) is 0 Å². The van der Waals surface area contributed by atoms with Crippen molar-refractivity contribution >= 4 is 46.2 Å². The lowest BCUT2D eigenvalue weighted by molar-refractivity contribution is 0.0906. The van der Waals surface area contributed by atoms with Crippen molar-refractivity contribution < 1.29 is 4.79 Å². The quantitative estimate of drug-likeness (QED) is 0.857. The molecule has 1 aromatic carbocycles. The fourth-order valence-electron chi connectivity index (χ4n) is 1.92. The molecule has 0 atom stereocenters. The normalized spacial score (nSPS) is 14.4. The van der Waals surface area contributed by atoms with Crippen LogP contribution < -0.4 is 5.73 Å². The topological polar surface area (TPSA) is 98.0 Å². The summed E-state index contributed by atoms with van der Waals surface area (Å²) < 4.78 is 1.17. The van der Waals surface area contributed by atoms with E-state index in [4.69, 9.17) is 17.3 Å². The van der Waals surface area contributed by atoms with Crippen LogP contribution in [0.4, 0.5) is 23.0 Å². The van der Waals surface area contributed by atoms with Gasteiger partial charge in [-0.05, 0) is 31.2 Å². The second-order valence-electron chi connectivity index (χ2n) is 4.56. The third-order valence-electron chi connectivity index (χ3n) is 2.89. The molecule has 0 saturated carbocycles. The Kier molecular flexibility index (Phi) is 3.26. The molecular formula is C13H11ClN6O. The largest absolute Gasteiger partial charge is 0.380 e. The van der Waals surface area contributed by atoms with Crippen molar-refractivity contribution in [2.24, 2.45) is 15.2 Å². The summed E-state index contributed by atoms with van der Waals surface area (Å²) in [4.78, 5) is 16.1. The van der Waals surface area contributed by atoms with Crippen molar-refractivity contribution in [3.05, 3.63) is 29.3 Å². The number of anilines is 1. The van der Waals surface area contributed by atoms with Gasteiger partial charge < -0.3 is 5.73 Å². The van der Waals surface area contributed by atoms with Crippen LogP contribution in [0, 0.1) is 0 Å². The Hall–Kier alpha value is -2.54. The standard InChI is InChI=1S/C13H11ClN6O/c1-7-6-10(21)20-13(16-7)11(12(15)19-20)18-17-9-4-2-8(14)3-5-9/h2-5H,6H2,1H3,(H2,15,19). The van der Waals surface area contributed by atoms with Crippen molar-refractivity contribution in [3.8, 4) is 0 Å². The van der Waals surface area contributed by atoms with Crippen LogP contribution in [0.2, 0.25) is 5.02 Å². The lowest BCUT2D eigenvalue weighted by Crippen LogP contribution is -2.19. The number of nitrogens with two attached hydrogens (primary N) is 1. The zero-order valence-corrected chi connectivity index (χ0v) is 11.9. The fourth-order valence-corrected chi connectivity index (χ4v) is 2.04. The van der Waals surface area contributed by atoms with E-state index >= 15 is 0 Å². The Morgan fingerprint density at radius 2 is 2.00 bits per heavy atom. The van der Waals surface area contributed by atoms with Crippen LogP contribution in [-0.4, -0.2) is 21.4 Å². The Labute approximate surface area is 125 Å². The van der Waals surface area contributed by atoms with Gasteiger partial charge in [-0.3, -0.25) is 4.79 Å². The monoisotopic (exact) mass is 302 g/mol. The molecule has 21 heavy (non-hydrogen) atoms. The first-order valence-corrected chi connectivity index (χ1v) is 6.55. The highest BCUT2D eigenvalue weighted by molar-refractivity contribution is 6.30. The number of aliphatic imine (C=N–C) groups is 1. The predicted molar refractivity (Wildman–Crippen MR) is 80.3 cm³/mol. The highest BCUT2D eigenvalue weighted by Gasteiger charge is 2.24. The van der Waals surface area contributed by atoms with Gasteiger partial charge in [0.15, 0.2) is 17.3 Å². The number of benzene rings is 1. The van der Waals surface area contributed by atoms with Gasteiger partial charge in [0.25, 0.3) is 5.91 Å². The molecule has 8 heteroatoms. The molecule has 1 aliphatic heterocycles. The number of carbonyl (C=O) groups is 1. The number of rotatable bonds is 2. The summed E-state index contributed by atoms with van der Waals surface area (Å²) in [6.45, 7) is 1.77. The molecule has 1 aromatic heterocycles. The zero-order chi connectivity index (χ0) is 15.0. The molecule has 0 amide bonds. The lowest BCUT2D eigenvalue weighted by Gasteiger charge is -2.08. The third-order valence-corrected chi connectivity index (χ3v) is 3.15. The van der Waals surface area contributed by atoms with E-state index in [1.165, 1.54) is 4.68 Å². The summed E-state index contributed by atoms with van der Waals surface area (Å²) in [5.41, 5.74) is 7.38. The minimum atomic E-state index is -0.183. The summed E-state index contributed by atoms with van der Waals surface area (Å²) in [6, 6.07) is 6.85. The van der Waals surface area contributed by atoms with E-state index in [0.717, 1.165) is 0 Å². The van der Waals surface area contributed by atoms with Gasteiger partial charge in [0.1, 0.15) is 0 Å². The van der Waals surface area contributed by atoms with E-state index in [1.54, 1.807) is 31.2 Å². The molecule has 0 bridgehead atoms. The average molecular weight is 303 g/mol. The van der Waals surface area contributed by atoms with Gasteiger partial charge >= 0.3 is 0 Å². The summed E-state index contributed by atoms with van der Waals surface area (Å²) >= 11 is 5.80. The minimum Gasteiger partial charge on any atom is -0.380 e. The van der Waals surface area contributed by atoms with Gasteiger partial charge in [0.2, 0.25) is 0 Å². The van der Waals surface area contributed by atoms with Crippen LogP contribution in [0.1, 0.15) is 18.1 Å². The molecule has 2 heterocycles. The molecular weight excluding hydrogens is 292 g/mol. The van der Waals surface area contributed by atoms with E-state index in [9.17, 15) is 4.79 Å². The second kappa shape index (κ2) is 5.10. The maximum absolute atomic E-state index is 11.9. The van der Waals surface area contributed by atoms with Crippen LogP contribution >= 0.6 is 11.6 Å². The molecule has 0 spiro atoms. The first-order chi connectivity index (χ1) is 10.0. The molecule has 0 aliphatic carbocycles. The number of hydrogen-bond donors (Lipinski definition) is 1. The maximum atomic E-state index is 11.9. The second-order valence-corrected chi connectivity index (χ2v) is 5.00. The van der Waals surface area contributed by atoms with E-state index in [1.807, 2.05) is 0 Å². The van der Waals surface area contributed by atoms with Crippen LogP contribution in [0.25, 0.3) is 0 Å². The summed E-state index contributed by atoms with van der Waals surface area (Å²) in [7, 11) is 0. The van der Waals surface area contributed by atoms with Gasteiger partial charge in [0.05, 0.1) is 12.1 Å². The average Bonchev–Trinajstić information content (AvgIpc) is 2.75. The van der Waals surface area contributed by atoms with Gasteiger partial charge in [-0.1, -0.05) is 11.6 Å². The van der Waals surface area contributed by atoms with Crippen molar-refractivity contribution in [3.63, 3.8) is 0 Å². The van der Waals surface area contributed by atoms with Gasteiger partial charge in [-0.15, -0.1) is 10.2 Å². The van der Waals surface area contributed by atoms with E-state index in [-0.39, 0.29) is 23.8 Å². The first kappa shape index (κ1) is 13.4. The van der Waals surface area contributed by atoms with Crippen LogP contribution in [0.15, 0.2) is 39.5 Å². The number of fused-ring (bicyclic) bond motifs is 1. The van der Waals surface area contributed by atoms with Gasteiger partial charge in [-0.25, -0.2) is 4.99 Å². The highest BCUT2D eigenvalue weighted by Crippen LogP contribution is 2.37. The number of nitrogen functional groups attached to an aromatic ring is 1. The Bertz CT molecular complexity index is 775. The Morgan fingerprint density at radius 1 is 1.29 bits per heavy atom. The van der Waals surface area contributed by atoms with Gasteiger partial charge in [-0.2, -0.15) is 9.80 Å². The molecule has 0 fully saturated rings. The molecule has 0 unspecified atom stereocenters. The zero-order valence-electron chi connectivity index (χ0n) is 11.1. The van der Waals surface area contributed by atoms with Crippen molar-refractivity contribution in [1.82, 2.24) is 9.78 Å². The number of halogens is 1. The Balaban J connectivity index is 2.01. The Morgan fingerprint density at radius 3 is 2.71 bits per heavy atom. The lowest BCUT2D eigenvalue weighted by atomic mass is 10.2. The number of hydrogen-bond acceptors (Lipinski definition) is 6. The van der Waals surface area contributed by atoms with Crippen LogP contribution in [0.3, 0.4) is 0 Å². The maximum Gasteiger partial charge on any atom is 0.254 e. The molecule has 7 nitrogen and oxygen atoms in total. The molecule has 1 aliphatic rings. The van der Waals surface area contributed by atoms with E-state index in [0.29, 0.717) is 22.2 Å². The van der Waals surface area contributed by atoms with E-state index < -0.39 is 0 Å². The number of carbonyl (C=O) groups excluding carboxylic acids is 1. The van der Waals surface area contributed by atoms with Gasteiger partial charge in [0, 0.05) is 10.7 Å². The molecule has 3 rings (SSSR count). The van der Waals surface area contributed by atoms with Crippen molar-refractivity contribution in [2.75, 3.05) is 5.73 Å². The molecule has 2 aromatic rings. The molecule has 2 N–H and O–H groups in total. The summed E-state index contributed by atoms with van der Waals surface area (Å²) in [5, 5.41) is 12.7. The number of aromatic nitrogens is 2. The fraction of sp³-hybridized carbons (Fsp3) is 0.154. The van der Waals surface area contributed by atoms with Crippen molar-refractivity contribution in [2.45, 2.75) is 13.3 Å². The summed E-state index contributed by atoms with van der Waals surface area (Å²) in [5.74, 6) is 0.255. The van der Waals surface area contributed by atoms with Crippen molar-refractivity contribution in [1.29, 1.82) is 0 Å². The third kappa shape index (κ3) is 2.55. The highest BCUT2D eigenvalue weighted by atomic mass is 35.5. The molecule has 106 valence electrons. The SMILES string of the molecule is CC1=Nc2c(N=Nc3ccc(Cl)cc3)c(N)nn2C(=O)C1. The molecule has 0 saturated heterocycles. The summed E-state index contributed by atoms with van der Waals surface area (Å²) in [6.07, 6.45) is 0.224. The number of nitrogens with zero attached hydrogens (tertiary/aromatic N) is 5. The minimum absolute atomic E-state index is 0.120. The molecule has 0 radical (unpaired) electrons. The predicted octanol–water partition coefficient (Wildman–Crippen LogP) is 3.67.